The maximum absolute atomic E-state index is 13.7. The van der Waals surface area contributed by atoms with Gasteiger partial charge < -0.3 is 9.84 Å². The highest BCUT2D eigenvalue weighted by Gasteiger charge is 2.13. The van der Waals surface area contributed by atoms with Crippen LogP contribution in [0.15, 0.2) is 72.8 Å². The second-order valence-corrected chi connectivity index (χ2v) is 6.62. The van der Waals surface area contributed by atoms with Gasteiger partial charge in [-0.1, -0.05) is 42.5 Å². The largest absolute Gasteiger partial charge is 0.488 e. The topological polar surface area (TPSA) is 83.2 Å². The second kappa shape index (κ2) is 8.02. The standard InChI is InChI=1S/C24H15FN2O3/c25-18-9-10-21-20(11-18)23(12-22(27-21)24(28)29)30-14-15-5-7-16(8-6-15)19-4-2-1-3-17(19)13-26/h1-12H,14H2,(H,28,29). The number of carbonyl (C=O) groups is 1. The van der Waals surface area contributed by atoms with Crippen LogP contribution in [0.2, 0.25) is 0 Å². The molecule has 0 amide bonds. The molecule has 1 heterocycles. The fourth-order valence-electron chi connectivity index (χ4n) is 3.17. The van der Waals surface area contributed by atoms with E-state index in [1.54, 1.807) is 6.07 Å². The van der Waals surface area contributed by atoms with Gasteiger partial charge in [0.2, 0.25) is 0 Å². The molecule has 146 valence electrons. The third kappa shape index (κ3) is 3.82. The number of hydrogen-bond donors (Lipinski definition) is 1. The lowest BCUT2D eigenvalue weighted by Crippen LogP contribution is -2.03. The zero-order valence-electron chi connectivity index (χ0n) is 15.7. The lowest BCUT2D eigenvalue weighted by atomic mass is 9.99. The number of hydrogen-bond acceptors (Lipinski definition) is 4. The fraction of sp³-hybridized carbons (Fsp3) is 0.0417. The van der Waals surface area contributed by atoms with Crippen molar-refractivity contribution in [3.05, 3.63) is 95.4 Å². The van der Waals surface area contributed by atoms with E-state index in [1.807, 2.05) is 42.5 Å². The molecule has 0 aliphatic rings. The van der Waals surface area contributed by atoms with E-state index in [0.717, 1.165) is 16.7 Å². The summed E-state index contributed by atoms with van der Waals surface area (Å²) in [4.78, 5) is 15.4. The molecule has 0 saturated heterocycles. The Bertz CT molecular complexity index is 1290. The van der Waals surface area contributed by atoms with Crippen LogP contribution in [0.4, 0.5) is 4.39 Å². The Morgan fingerprint density at radius 3 is 2.57 bits per heavy atom. The van der Waals surface area contributed by atoms with Gasteiger partial charge in [0.05, 0.1) is 17.1 Å². The Morgan fingerprint density at radius 2 is 1.83 bits per heavy atom. The van der Waals surface area contributed by atoms with Crippen molar-refractivity contribution in [3.63, 3.8) is 0 Å². The van der Waals surface area contributed by atoms with Gasteiger partial charge in [0.1, 0.15) is 18.2 Å². The first kappa shape index (κ1) is 19.1. The maximum atomic E-state index is 13.7. The van der Waals surface area contributed by atoms with Crippen molar-refractivity contribution in [1.29, 1.82) is 5.26 Å². The number of nitriles is 1. The first-order valence-corrected chi connectivity index (χ1v) is 9.10. The van der Waals surface area contributed by atoms with E-state index in [1.165, 1.54) is 24.3 Å². The number of ether oxygens (including phenoxy) is 1. The highest BCUT2D eigenvalue weighted by molar-refractivity contribution is 5.93. The molecular weight excluding hydrogens is 383 g/mol. The van der Waals surface area contributed by atoms with Crippen LogP contribution < -0.4 is 4.74 Å². The highest BCUT2D eigenvalue weighted by Crippen LogP contribution is 2.28. The Morgan fingerprint density at radius 1 is 1.07 bits per heavy atom. The van der Waals surface area contributed by atoms with Gasteiger partial charge >= 0.3 is 5.97 Å². The molecule has 4 aromatic rings. The maximum Gasteiger partial charge on any atom is 0.354 e. The summed E-state index contributed by atoms with van der Waals surface area (Å²) in [6, 6.07) is 22.2. The number of aromatic nitrogens is 1. The van der Waals surface area contributed by atoms with Crippen LogP contribution in [0.25, 0.3) is 22.0 Å². The lowest BCUT2D eigenvalue weighted by Gasteiger charge is -2.11. The van der Waals surface area contributed by atoms with Crippen LogP contribution in [0, 0.1) is 17.1 Å². The first-order chi connectivity index (χ1) is 14.5. The molecule has 3 aromatic carbocycles. The summed E-state index contributed by atoms with van der Waals surface area (Å²) >= 11 is 0. The van der Waals surface area contributed by atoms with E-state index in [4.69, 9.17) is 4.74 Å². The molecule has 0 aliphatic heterocycles. The van der Waals surface area contributed by atoms with Crippen LogP contribution in [0.3, 0.4) is 0 Å². The molecule has 0 saturated carbocycles. The average Bonchev–Trinajstić information content (AvgIpc) is 2.77. The summed E-state index contributed by atoms with van der Waals surface area (Å²) in [6.45, 7) is 0.162. The number of fused-ring (bicyclic) bond motifs is 1. The van der Waals surface area contributed by atoms with Gasteiger partial charge in [0, 0.05) is 11.5 Å². The van der Waals surface area contributed by atoms with E-state index in [2.05, 4.69) is 11.1 Å². The molecule has 1 N–H and O–H groups in total. The molecule has 6 heteroatoms. The molecule has 0 fully saturated rings. The van der Waals surface area contributed by atoms with Crippen molar-refractivity contribution < 1.29 is 19.0 Å². The molecule has 0 bridgehead atoms. The molecular formula is C24H15FN2O3. The normalized spacial score (nSPS) is 10.5. The quantitative estimate of drug-likeness (QED) is 0.500. The van der Waals surface area contributed by atoms with E-state index >= 15 is 0 Å². The fourth-order valence-corrected chi connectivity index (χ4v) is 3.17. The first-order valence-electron chi connectivity index (χ1n) is 9.10. The summed E-state index contributed by atoms with van der Waals surface area (Å²) < 4.78 is 19.5. The Balaban J connectivity index is 1.61. The lowest BCUT2D eigenvalue weighted by molar-refractivity contribution is 0.0690. The molecule has 4 rings (SSSR count). The highest BCUT2D eigenvalue weighted by atomic mass is 19.1. The summed E-state index contributed by atoms with van der Waals surface area (Å²) in [5.41, 5.74) is 3.34. The minimum atomic E-state index is -1.19. The smallest absolute Gasteiger partial charge is 0.354 e. The van der Waals surface area contributed by atoms with Crippen LogP contribution in [0.5, 0.6) is 5.75 Å². The van der Waals surface area contributed by atoms with Gasteiger partial charge in [-0.3, -0.25) is 0 Å². The minimum absolute atomic E-state index is 0.162. The molecule has 30 heavy (non-hydrogen) atoms. The third-order valence-electron chi connectivity index (χ3n) is 4.66. The number of rotatable bonds is 5. The predicted octanol–water partition coefficient (Wildman–Crippen LogP) is 5.19. The van der Waals surface area contributed by atoms with E-state index in [9.17, 15) is 19.6 Å². The number of benzene rings is 3. The van der Waals surface area contributed by atoms with E-state index in [0.29, 0.717) is 16.5 Å². The Hall–Kier alpha value is -4.24. The zero-order chi connectivity index (χ0) is 21.1. The summed E-state index contributed by atoms with van der Waals surface area (Å²) in [6.07, 6.45) is 0. The van der Waals surface area contributed by atoms with Crippen LogP contribution >= 0.6 is 0 Å². The summed E-state index contributed by atoms with van der Waals surface area (Å²) in [7, 11) is 0. The molecule has 0 spiro atoms. The van der Waals surface area contributed by atoms with Crippen LogP contribution in [-0.4, -0.2) is 16.1 Å². The molecule has 0 atom stereocenters. The molecule has 0 radical (unpaired) electrons. The van der Waals surface area contributed by atoms with Gasteiger partial charge in [0.15, 0.2) is 5.69 Å². The molecule has 0 aliphatic carbocycles. The third-order valence-corrected chi connectivity index (χ3v) is 4.66. The predicted molar refractivity (Wildman–Crippen MR) is 110 cm³/mol. The van der Waals surface area contributed by atoms with Gasteiger partial charge in [-0.15, -0.1) is 0 Å². The second-order valence-electron chi connectivity index (χ2n) is 6.62. The summed E-state index contributed by atoms with van der Waals surface area (Å²) in [5.74, 6) is -1.40. The van der Waals surface area contributed by atoms with E-state index < -0.39 is 11.8 Å². The zero-order valence-corrected chi connectivity index (χ0v) is 15.7. The number of pyridine rings is 1. The van der Waals surface area contributed by atoms with Crippen molar-refractivity contribution in [2.75, 3.05) is 0 Å². The van der Waals surface area contributed by atoms with Gasteiger partial charge in [-0.05, 0) is 41.0 Å². The van der Waals surface area contributed by atoms with E-state index in [-0.39, 0.29) is 18.1 Å². The molecule has 5 nitrogen and oxygen atoms in total. The molecule has 0 unspecified atom stereocenters. The monoisotopic (exact) mass is 398 g/mol. The van der Waals surface area contributed by atoms with Crippen LogP contribution in [-0.2, 0) is 6.61 Å². The number of carboxylic acids is 1. The minimum Gasteiger partial charge on any atom is -0.488 e. The number of nitrogens with zero attached hydrogens (tertiary/aromatic N) is 2. The van der Waals surface area contributed by atoms with Crippen molar-refractivity contribution in [3.8, 4) is 22.9 Å². The molecule has 1 aromatic heterocycles. The Labute approximate surface area is 171 Å². The number of carboxylic acid groups (broad SMARTS) is 1. The average molecular weight is 398 g/mol. The van der Waals surface area contributed by atoms with Crippen molar-refractivity contribution in [2.24, 2.45) is 0 Å². The number of halogens is 1. The van der Waals surface area contributed by atoms with Crippen molar-refractivity contribution in [2.45, 2.75) is 6.61 Å². The van der Waals surface area contributed by atoms with Gasteiger partial charge in [-0.25, -0.2) is 14.2 Å². The summed E-state index contributed by atoms with van der Waals surface area (Å²) in [5, 5.41) is 18.9. The van der Waals surface area contributed by atoms with Gasteiger partial charge in [-0.2, -0.15) is 5.26 Å². The van der Waals surface area contributed by atoms with Crippen LogP contribution in [0.1, 0.15) is 21.6 Å². The number of aromatic carboxylic acids is 1. The Kier molecular flexibility index (Phi) is 5.10. The SMILES string of the molecule is N#Cc1ccccc1-c1ccc(COc2cc(C(=O)O)nc3ccc(F)cc23)cc1. The van der Waals surface area contributed by atoms with Crippen molar-refractivity contribution >= 4 is 16.9 Å². The van der Waals surface area contributed by atoms with Gasteiger partial charge in [0.25, 0.3) is 0 Å². The van der Waals surface area contributed by atoms with Crippen molar-refractivity contribution in [1.82, 2.24) is 4.98 Å².